The molecule has 0 radical (unpaired) electrons. The van der Waals surface area contributed by atoms with Crippen LogP contribution in [0.2, 0.25) is 0 Å². The van der Waals surface area contributed by atoms with Gasteiger partial charge in [-0.1, -0.05) is 0 Å². The van der Waals surface area contributed by atoms with Crippen molar-refractivity contribution in [2.45, 2.75) is 26.7 Å². The summed E-state index contributed by atoms with van der Waals surface area (Å²) < 4.78 is 0. The maximum Gasteiger partial charge on any atom is 0.223 e. The van der Waals surface area contributed by atoms with Gasteiger partial charge in [0.1, 0.15) is 6.07 Å². The first kappa shape index (κ1) is 13.3. The molecule has 1 saturated carbocycles. The van der Waals surface area contributed by atoms with Crippen LogP contribution in [-0.2, 0) is 4.79 Å². The summed E-state index contributed by atoms with van der Waals surface area (Å²) in [4.78, 5) is 15.7. The van der Waals surface area contributed by atoms with Crippen molar-refractivity contribution in [2.24, 2.45) is 5.92 Å². The van der Waals surface area contributed by atoms with Crippen LogP contribution in [0.1, 0.15) is 29.8 Å². The predicted octanol–water partition coefficient (Wildman–Crippen LogP) is 1.51. The molecular weight excluding hydrogens is 240 g/mol. The Morgan fingerprint density at radius 2 is 2.21 bits per heavy atom. The van der Waals surface area contributed by atoms with Gasteiger partial charge in [-0.05, 0) is 32.8 Å². The summed E-state index contributed by atoms with van der Waals surface area (Å²) >= 11 is 0. The van der Waals surface area contributed by atoms with Crippen LogP contribution in [0, 0.1) is 31.1 Å². The van der Waals surface area contributed by atoms with E-state index in [2.05, 4.69) is 21.7 Å². The SMILES string of the molecule is Cc1cc(NCCNC(=O)C2CC2)c(C#N)c(C)n1. The predicted molar refractivity (Wildman–Crippen MR) is 72.6 cm³/mol. The molecule has 0 aliphatic heterocycles. The van der Waals surface area contributed by atoms with E-state index in [1.807, 2.05) is 19.9 Å². The number of anilines is 1. The number of nitrogens with one attached hydrogen (secondary N) is 2. The van der Waals surface area contributed by atoms with Gasteiger partial charge in [0.25, 0.3) is 0 Å². The number of hydrogen-bond acceptors (Lipinski definition) is 4. The van der Waals surface area contributed by atoms with Crippen LogP contribution in [0.5, 0.6) is 0 Å². The standard InChI is InChI=1S/C14H18N4O/c1-9-7-13(12(8-15)10(2)18-9)16-5-6-17-14(19)11-3-4-11/h7,11H,3-6H2,1-2H3,(H,16,18)(H,17,19). The Balaban J connectivity index is 1.88. The second-order valence-electron chi connectivity index (χ2n) is 4.88. The van der Waals surface area contributed by atoms with E-state index >= 15 is 0 Å². The van der Waals surface area contributed by atoms with Crippen LogP contribution < -0.4 is 10.6 Å². The van der Waals surface area contributed by atoms with Gasteiger partial charge in [-0.3, -0.25) is 9.78 Å². The third-order valence-corrected chi connectivity index (χ3v) is 3.13. The number of nitriles is 1. The van der Waals surface area contributed by atoms with Crippen LogP contribution in [0.15, 0.2) is 6.07 Å². The van der Waals surface area contributed by atoms with E-state index in [4.69, 9.17) is 5.26 Å². The smallest absolute Gasteiger partial charge is 0.223 e. The Morgan fingerprint density at radius 1 is 1.47 bits per heavy atom. The molecule has 2 N–H and O–H groups in total. The molecule has 0 spiro atoms. The van der Waals surface area contributed by atoms with Gasteiger partial charge >= 0.3 is 0 Å². The summed E-state index contributed by atoms with van der Waals surface area (Å²) in [5, 5.41) is 15.2. The quantitative estimate of drug-likeness (QED) is 0.785. The van der Waals surface area contributed by atoms with E-state index in [-0.39, 0.29) is 11.8 Å². The Hall–Kier alpha value is -2.09. The Kier molecular flexibility index (Phi) is 4.00. The van der Waals surface area contributed by atoms with Crippen molar-refractivity contribution in [3.05, 3.63) is 23.0 Å². The zero-order valence-electron chi connectivity index (χ0n) is 11.3. The first-order chi connectivity index (χ1) is 9.11. The van der Waals surface area contributed by atoms with Crippen molar-refractivity contribution >= 4 is 11.6 Å². The van der Waals surface area contributed by atoms with Crippen molar-refractivity contribution in [3.63, 3.8) is 0 Å². The van der Waals surface area contributed by atoms with Crippen molar-refractivity contribution in [1.82, 2.24) is 10.3 Å². The zero-order valence-corrected chi connectivity index (χ0v) is 11.3. The summed E-state index contributed by atoms with van der Waals surface area (Å²) in [6, 6.07) is 4.01. The molecule has 0 unspecified atom stereocenters. The second kappa shape index (κ2) is 5.70. The summed E-state index contributed by atoms with van der Waals surface area (Å²) in [7, 11) is 0. The second-order valence-corrected chi connectivity index (χ2v) is 4.88. The van der Waals surface area contributed by atoms with Crippen molar-refractivity contribution in [2.75, 3.05) is 18.4 Å². The highest BCUT2D eigenvalue weighted by atomic mass is 16.2. The number of aromatic nitrogens is 1. The molecule has 2 rings (SSSR count). The third-order valence-electron chi connectivity index (χ3n) is 3.13. The van der Waals surface area contributed by atoms with Gasteiger partial charge in [-0.15, -0.1) is 0 Å². The van der Waals surface area contributed by atoms with E-state index in [1.165, 1.54) is 0 Å². The minimum absolute atomic E-state index is 0.143. The van der Waals surface area contributed by atoms with E-state index in [9.17, 15) is 4.79 Å². The molecular formula is C14H18N4O. The van der Waals surface area contributed by atoms with Gasteiger partial charge in [0, 0.05) is 24.7 Å². The molecule has 1 aromatic rings. The fourth-order valence-corrected chi connectivity index (χ4v) is 1.98. The molecule has 1 fully saturated rings. The van der Waals surface area contributed by atoms with Gasteiger partial charge in [-0.25, -0.2) is 0 Å². The van der Waals surface area contributed by atoms with Gasteiger partial charge in [-0.2, -0.15) is 5.26 Å². The van der Waals surface area contributed by atoms with Crippen molar-refractivity contribution < 1.29 is 4.79 Å². The molecule has 1 amide bonds. The topological polar surface area (TPSA) is 77.8 Å². The van der Waals surface area contributed by atoms with E-state index in [0.717, 1.165) is 29.9 Å². The minimum atomic E-state index is 0.143. The molecule has 0 atom stereocenters. The number of rotatable bonds is 5. The molecule has 100 valence electrons. The Labute approximate surface area is 113 Å². The lowest BCUT2D eigenvalue weighted by atomic mass is 10.1. The number of carbonyl (C=O) groups excluding carboxylic acids is 1. The summed E-state index contributed by atoms with van der Waals surface area (Å²) in [6.07, 6.45) is 2.03. The highest BCUT2D eigenvalue weighted by Gasteiger charge is 2.28. The molecule has 0 aromatic carbocycles. The molecule has 0 bridgehead atoms. The molecule has 1 aliphatic carbocycles. The number of aryl methyl sites for hydroxylation is 2. The number of hydrogen-bond donors (Lipinski definition) is 2. The Morgan fingerprint density at radius 3 is 2.84 bits per heavy atom. The lowest BCUT2D eigenvalue weighted by Gasteiger charge is -2.11. The van der Waals surface area contributed by atoms with Gasteiger partial charge < -0.3 is 10.6 Å². The van der Waals surface area contributed by atoms with Gasteiger partial charge in [0.05, 0.1) is 16.9 Å². The lowest BCUT2D eigenvalue weighted by molar-refractivity contribution is -0.122. The van der Waals surface area contributed by atoms with Crippen molar-refractivity contribution in [1.29, 1.82) is 5.26 Å². The first-order valence-electron chi connectivity index (χ1n) is 6.51. The van der Waals surface area contributed by atoms with Crippen LogP contribution in [0.25, 0.3) is 0 Å². The lowest BCUT2D eigenvalue weighted by Crippen LogP contribution is -2.30. The van der Waals surface area contributed by atoms with Gasteiger partial charge in [0.15, 0.2) is 0 Å². The maximum atomic E-state index is 11.4. The first-order valence-corrected chi connectivity index (χ1v) is 6.51. The van der Waals surface area contributed by atoms with E-state index in [1.54, 1.807) is 0 Å². The number of carbonyl (C=O) groups is 1. The molecule has 1 aliphatic rings. The zero-order chi connectivity index (χ0) is 13.8. The minimum Gasteiger partial charge on any atom is -0.382 e. The van der Waals surface area contributed by atoms with E-state index in [0.29, 0.717) is 18.7 Å². The number of nitrogens with zero attached hydrogens (tertiary/aromatic N) is 2. The van der Waals surface area contributed by atoms with Gasteiger partial charge in [0.2, 0.25) is 5.91 Å². The van der Waals surface area contributed by atoms with Crippen LogP contribution in [0.4, 0.5) is 5.69 Å². The molecule has 5 heteroatoms. The van der Waals surface area contributed by atoms with Crippen molar-refractivity contribution in [3.8, 4) is 6.07 Å². The number of pyridine rings is 1. The normalized spacial score (nSPS) is 13.7. The van der Waals surface area contributed by atoms with Crippen LogP contribution >= 0.6 is 0 Å². The highest BCUT2D eigenvalue weighted by Crippen LogP contribution is 2.28. The third kappa shape index (κ3) is 3.44. The van der Waals surface area contributed by atoms with Crippen LogP contribution in [0.3, 0.4) is 0 Å². The van der Waals surface area contributed by atoms with Crippen LogP contribution in [-0.4, -0.2) is 24.0 Å². The average Bonchev–Trinajstić information content (AvgIpc) is 3.18. The maximum absolute atomic E-state index is 11.4. The summed E-state index contributed by atoms with van der Waals surface area (Å²) in [6.45, 7) is 4.90. The monoisotopic (exact) mass is 258 g/mol. The fraction of sp³-hybridized carbons (Fsp3) is 0.500. The molecule has 19 heavy (non-hydrogen) atoms. The molecule has 0 saturated heterocycles. The summed E-state index contributed by atoms with van der Waals surface area (Å²) in [5.74, 6) is 0.379. The molecule has 1 aromatic heterocycles. The molecule has 1 heterocycles. The average molecular weight is 258 g/mol. The molecule has 5 nitrogen and oxygen atoms in total. The van der Waals surface area contributed by atoms with E-state index < -0.39 is 0 Å². The number of amides is 1. The highest BCUT2D eigenvalue weighted by molar-refractivity contribution is 5.80. The fourth-order valence-electron chi connectivity index (χ4n) is 1.98. The Bertz CT molecular complexity index is 529. The summed E-state index contributed by atoms with van der Waals surface area (Å²) in [5.41, 5.74) is 2.96. The largest absolute Gasteiger partial charge is 0.382 e.